The van der Waals surface area contributed by atoms with Crippen molar-refractivity contribution >= 4 is 28.4 Å². The van der Waals surface area contributed by atoms with E-state index in [1.165, 1.54) is 4.90 Å². The van der Waals surface area contributed by atoms with Crippen molar-refractivity contribution in [3.05, 3.63) is 11.3 Å². The van der Waals surface area contributed by atoms with Crippen LogP contribution in [0.25, 0.3) is 0 Å². The molecule has 5 nitrogen and oxygen atoms in total. The Labute approximate surface area is 104 Å². The molecule has 17 heavy (non-hydrogen) atoms. The SMILES string of the molecule is CCC(C)C(=O)N(C)c1snc(C)c1C(=O)O. The molecule has 1 heterocycles. The number of anilines is 1. The van der Waals surface area contributed by atoms with Crippen LogP contribution in [-0.4, -0.2) is 28.4 Å². The van der Waals surface area contributed by atoms with Crippen LogP contribution in [0.4, 0.5) is 5.00 Å². The zero-order valence-electron chi connectivity index (χ0n) is 10.4. The van der Waals surface area contributed by atoms with E-state index in [1.807, 2.05) is 13.8 Å². The molecule has 6 heteroatoms. The lowest BCUT2D eigenvalue weighted by atomic mass is 10.1. The normalized spacial score (nSPS) is 12.2. The van der Waals surface area contributed by atoms with Crippen LogP contribution in [0.1, 0.15) is 36.3 Å². The Balaban J connectivity index is 3.09. The lowest BCUT2D eigenvalue weighted by Gasteiger charge is -2.19. The maximum absolute atomic E-state index is 12.0. The number of amides is 1. The third-order valence-corrected chi connectivity index (χ3v) is 3.74. The predicted molar refractivity (Wildman–Crippen MR) is 66.7 cm³/mol. The fourth-order valence-electron chi connectivity index (χ4n) is 1.44. The second-order valence-electron chi connectivity index (χ2n) is 3.96. The van der Waals surface area contributed by atoms with E-state index in [9.17, 15) is 9.59 Å². The first-order valence-corrected chi connectivity index (χ1v) is 6.14. The summed E-state index contributed by atoms with van der Waals surface area (Å²) in [4.78, 5) is 24.5. The first kappa shape index (κ1) is 13.6. The summed E-state index contributed by atoms with van der Waals surface area (Å²) in [6.45, 7) is 5.38. The van der Waals surface area contributed by atoms with E-state index in [1.54, 1.807) is 14.0 Å². The van der Waals surface area contributed by atoms with Gasteiger partial charge in [0.1, 0.15) is 10.6 Å². The number of carboxylic acid groups (broad SMARTS) is 1. The molecule has 0 spiro atoms. The van der Waals surface area contributed by atoms with Gasteiger partial charge in [0.05, 0.1) is 5.69 Å². The predicted octanol–water partition coefficient (Wildman–Crippen LogP) is 2.16. The highest BCUT2D eigenvalue weighted by Crippen LogP contribution is 2.28. The number of aromatic carboxylic acids is 1. The fourth-order valence-corrected chi connectivity index (χ4v) is 2.29. The lowest BCUT2D eigenvalue weighted by molar-refractivity contribution is -0.121. The van der Waals surface area contributed by atoms with E-state index in [0.29, 0.717) is 10.7 Å². The molecular weight excluding hydrogens is 240 g/mol. The van der Waals surface area contributed by atoms with Crippen LogP contribution in [0.2, 0.25) is 0 Å². The molecule has 1 rings (SSSR count). The topological polar surface area (TPSA) is 70.5 Å². The number of aryl methyl sites for hydroxylation is 1. The summed E-state index contributed by atoms with van der Waals surface area (Å²) in [5.74, 6) is -1.25. The highest BCUT2D eigenvalue weighted by molar-refractivity contribution is 7.11. The molecular formula is C11H16N2O3S. The van der Waals surface area contributed by atoms with Crippen molar-refractivity contribution in [2.75, 3.05) is 11.9 Å². The van der Waals surface area contributed by atoms with Crippen LogP contribution < -0.4 is 4.90 Å². The molecule has 0 saturated carbocycles. The van der Waals surface area contributed by atoms with Gasteiger partial charge in [0.15, 0.2) is 0 Å². The van der Waals surface area contributed by atoms with E-state index in [-0.39, 0.29) is 17.4 Å². The van der Waals surface area contributed by atoms with Crippen molar-refractivity contribution in [3.8, 4) is 0 Å². The summed E-state index contributed by atoms with van der Waals surface area (Å²) < 4.78 is 3.99. The largest absolute Gasteiger partial charge is 0.478 e. The number of rotatable bonds is 4. The fraction of sp³-hybridized carbons (Fsp3) is 0.545. The molecule has 0 aliphatic heterocycles. The van der Waals surface area contributed by atoms with Crippen LogP contribution >= 0.6 is 11.5 Å². The Kier molecular flexibility index (Phi) is 4.22. The van der Waals surface area contributed by atoms with Crippen molar-refractivity contribution in [1.82, 2.24) is 4.37 Å². The van der Waals surface area contributed by atoms with Gasteiger partial charge >= 0.3 is 5.97 Å². The molecule has 1 aromatic rings. The van der Waals surface area contributed by atoms with Crippen molar-refractivity contribution in [3.63, 3.8) is 0 Å². The molecule has 0 aromatic carbocycles. The first-order chi connectivity index (χ1) is 7.90. The number of carbonyl (C=O) groups excluding carboxylic acids is 1. The van der Waals surface area contributed by atoms with Crippen molar-refractivity contribution < 1.29 is 14.7 Å². The van der Waals surface area contributed by atoms with Crippen molar-refractivity contribution in [1.29, 1.82) is 0 Å². The number of aromatic nitrogens is 1. The average molecular weight is 256 g/mol. The second kappa shape index (κ2) is 5.27. The minimum Gasteiger partial charge on any atom is -0.478 e. The van der Waals surface area contributed by atoms with Gasteiger partial charge < -0.3 is 10.0 Å². The zero-order valence-corrected chi connectivity index (χ0v) is 11.2. The van der Waals surface area contributed by atoms with Gasteiger partial charge in [-0.25, -0.2) is 4.79 Å². The Hall–Kier alpha value is -1.43. The monoisotopic (exact) mass is 256 g/mol. The average Bonchev–Trinajstić information content (AvgIpc) is 2.68. The quantitative estimate of drug-likeness (QED) is 0.896. The lowest BCUT2D eigenvalue weighted by Crippen LogP contribution is -2.31. The summed E-state index contributed by atoms with van der Waals surface area (Å²) in [6.07, 6.45) is 0.726. The van der Waals surface area contributed by atoms with E-state index >= 15 is 0 Å². The number of hydrogen-bond donors (Lipinski definition) is 1. The molecule has 1 N–H and O–H groups in total. The second-order valence-corrected chi connectivity index (χ2v) is 4.71. The van der Waals surface area contributed by atoms with Crippen LogP contribution in [-0.2, 0) is 4.79 Å². The van der Waals surface area contributed by atoms with Crippen LogP contribution in [0.3, 0.4) is 0 Å². The number of hydrogen-bond acceptors (Lipinski definition) is 4. The molecule has 0 fully saturated rings. The standard InChI is InChI=1S/C11H16N2O3S/c1-5-6(2)9(14)13(4)10-8(11(15)16)7(3)12-17-10/h6H,5H2,1-4H3,(H,15,16). The van der Waals surface area contributed by atoms with E-state index in [2.05, 4.69) is 4.37 Å². The van der Waals surface area contributed by atoms with Gasteiger partial charge in [-0.1, -0.05) is 13.8 Å². The van der Waals surface area contributed by atoms with E-state index in [4.69, 9.17) is 5.11 Å². The summed E-state index contributed by atoms with van der Waals surface area (Å²) in [5.41, 5.74) is 0.565. The zero-order chi connectivity index (χ0) is 13.2. The van der Waals surface area contributed by atoms with E-state index in [0.717, 1.165) is 18.0 Å². The molecule has 94 valence electrons. The third-order valence-electron chi connectivity index (χ3n) is 2.73. The van der Waals surface area contributed by atoms with Crippen LogP contribution in [0, 0.1) is 12.8 Å². The third kappa shape index (κ3) is 2.63. The molecule has 0 saturated heterocycles. The molecule has 1 aromatic heterocycles. The number of nitrogens with zero attached hydrogens (tertiary/aromatic N) is 2. The minimum atomic E-state index is -1.05. The Morgan fingerprint density at radius 3 is 2.59 bits per heavy atom. The van der Waals surface area contributed by atoms with E-state index < -0.39 is 5.97 Å². The molecule has 0 aliphatic rings. The maximum Gasteiger partial charge on any atom is 0.340 e. The number of carboxylic acids is 1. The van der Waals surface area contributed by atoms with Gasteiger partial charge in [-0.15, -0.1) is 0 Å². The first-order valence-electron chi connectivity index (χ1n) is 5.37. The number of carbonyl (C=O) groups is 2. The highest BCUT2D eigenvalue weighted by atomic mass is 32.1. The van der Waals surface area contributed by atoms with Gasteiger partial charge in [0.25, 0.3) is 0 Å². The maximum atomic E-state index is 12.0. The Bertz CT molecular complexity index is 442. The molecule has 0 aliphatic carbocycles. The van der Waals surface area contributed by atoms with Gasteiger partial charge in [0.2, 0.25) is 5.91 Å². The highest BCUT2D eigenvalue weighted by Gasteiger charge is 2.25. The van der Waals surface area contributed by atoms with Crippen molar-refractivity contribution in [2.24, 2.45) is 5.92 Å². The Morgan fingerprint density at radius 1 is 1.53 bits per heavy atom. The molecule has 0 radical (unpaired) electrons. The molecule has 1 unspecified atom stereocenters. The summed E-state index contributed by atoms with van der Waals surface area (Å²) in [6, 6.07) is 0. The molecule has 0 bridgehead atoms. The van der Waals surface area contributed by atoms with Crippen LogP contribution in [0.5, 0.6) is 0 Å². The summed E-state index contributed by atoms with van der Waals surface area (Å²) >= 11 is 1.04. The van der Waals surface area contributed by atoms with Gasteiger partial charge in [-0.3, -0.25) is 4.79 Å². The van der Waals surface area contributed by atoms with Gasteiger partial charge in [-0.2, -0.15) is 4.37 Å². The van der Waals surface area contributed by atoms with Gasteiger partial charge in [0, 0.05) is 13.0 Å². The van der Waals surface area contributed by atoms with Crippen molar-refractivity contribution in [2.45, 2.75) is 27.2 Å². The summed E-state index contributed by atoms with van der Waals surface area (Å²) in [5, 5.41) is 9.49. The Morgan fingerprint density at radius 2 is 2.12 bits per heavy atom. The van der Waals surface area contributed by atoms with Crippen LogP contribution in [0.15, 0.2) is 0 Å². The minimum absolute atomic E-state index is 0.0846. The molecule has 1 amide bonds. The summed E-state index contributed by atoms with van der Waals surface area (Å²) in [7, 11) is 1.59. The molecule has 1 atom stereocenters. The smallest absolute Gasteiger partial charge is 0.340 e. The van der Waals surface area contributed by atoms with Gasteiger partial charge in [-0.05, 0) is 24.9 Å².